The van der Waals surface area contributed by atoms with Crippen LogP contribution in [-0.4, -0.2) is 17.1 Å². The summed E-state index contributed by atoms with van der Waals surface area (Å²) in [6, 6.07) is 9.53. The number of primary amides is 1. The van der Waals surface area contributed by atoms with E-state index in [0.717, 1.165) is 18.8 Å². The average molecular weight is 273 g/mol. The van der Waals surface area contributed by atoms with Gasteiger partial charge in [0.2, 0.25) is 0 Å². The normalized spacial score (nSPS) is 10.2. The van der Waals surface area contributed by atoms with Gasteiger partial charge in [-0.2, -0.15) is 0 Å². The molecule has 1 heterocycles. The number of hydrogen-bond acceptors (Lipinski definition) is 3. The number of nitrogens with zero attached hydrogens (tertiary/aromatic N) is 1. The number of benzene rings is 1. The van der Waals surface area contributed by atoms with Gasteiger partial charge in [-0.15, -0.1) is 0 Å². The van der Waals surface area contributed by atoms with Crippen LogP contribution < -0.4 is 15.8 Å². The van der Waals surface area contributed by atoms with Crippen LogP contribution >= 0.6 is 0 Å². The Balaban J connectivity index is 1.85. The fourth-order valence-electron chi connectivity index (χ4n) is 1.82. The van der Waals surface area contributed by atoms with Crippen LogP contribution in [0.4, 0.5) is 5.69 Å². The van der Waals surface area contributed by atoms with Gasteiger partial charge in [0.25, 0.3) is 5.91 Å². The molecule has 0 fully saturated rings. The molecule has 0 unspecified atom stereocenters. The molecule has 0 bridgehead atoms. The van der Waals surface area contributed by atoms with Gasteiger partial charge in [-0.1, -0.05) is 0 Å². The molecule has 1 aromatic heterocycles. The molecule has 0 aliphatic carbocycles. The molecule has 1 aromatic carbocycles. The maximum Gasteiger partial charge on any atom is 0.255 e. The quantitative estimate of drug-likeness (QED) is 0.810. The maximum absolute atomic E-state index is 10.6. The minimum atomic E-state index is -0.479. The highest BCUT2D eigenvalue weighted by molar-refractivity contribution is 5.75. The SMILES string of the molecule is CCn1ccc(CNc2ccc(OCC(N)=O)cc2)c1. The average Bonchev–Trinajstić information content (AvgIpc) is 2.92. The zero-order chi connectivity index (χ0) is 14.4. The van der Waals surface area contributed by atoms with Crippen molar-refractivity contribution in [1.82, 2.24) is 4.57 Å². The van der Waals surface area contributed by atoms with E-state index in [1.807, 2.05) is 24.3 Å². The monoisotopic (exact) mass is 273 g/mol. The number of ether oxygens (including phenoxy) is 1. The lowest BCUT2D eigenvalue weighted by molar-refractivity contribution is -0.119. The lowest BCUT2D eigenvalue weighted by Crippen LogP contribution is -2.19. The van der Waals surface area contributed by atoms with E-state index >= 15 is 0 Å². The summed E-state index contributed by atoms with van der Waals surface area (Å²) in [6.07, 6.45) is 4.19. The molecule has 0 saturated heterocycles. The van der Waals surface area contributed by atoms with Crippen molar-refractivity contribution in [2.45, 2.75) is 20.0 Å². The minimum absolute atomic E-state index is 0.0999. The van der Waals surface area contributed by atoms with Crippen LogP contribution in [0.3, 0.4) is 0 Å². The van der Waals surface area contributed by atoms with E-state index in [-0.39, 0.29) is 6.61 Å². The van der Waals surface area contributed by atoms with Crippen LogP contribution in [0.1, 0.15) is 12.5 Å². The molecule has 3 N–H and O–H groups in total. The van der Waals surface area contributed by atoms with Gasteiger partial charge in [0.1, 0.15) is 5.75 Å². The van der Waals surface area contributed by atoms with Gasteiger partial charge >= 0.3 is 0 Å². The number of nitrogens with one attached hydrogen (secondary N) is 1. The van der Waals surface area contributed by atoms with Gasteiger partial charge in [0, 0.05) is 31.2 Å². The first-order valence-electron chi connectivity index (χ1n) is 6.57. The van der Waals surface area contributed by atoms with Crippen molar-refractivity contribution in [1.29, 1.82) is 0 Å². The van der Waals surface area contributed by atoms with Crippen molar-refractivity contribution in [3.8, 4) is 5.75 Å². The van der Waals surface area contributed by atoms with Crippen molar-refractivity contribution in [3.05, 3.63) is 48.3 Å². The number of aromatic nitrogens is 1. The van der Waals surface area contributed by atoms with Gasteiger partial charge in [-0.05, 0) is 42.8 Å². The predicted octanol–water partition coefficient (Wildman–Crippen LogP) is 1.98. The second-order valence-corrected chi connectivity index (χ2v) is 4.48. The number of hydrogen-bond donors (Lipinski definition) is 2. The number of anilines is 1. The van der Waals surface area contributed by atoms with Crippen LogP contribution in [0.25, 0.3) is 0 Å². The molecule has 20 heavy (non-hydrogen) atoms. The number of carbonyl (C=O) groups is 1. The highest BCUT2D eigenvalue weighted by Crippen LogP contribution is 2.16. The van der Waals surface area contributed by atoms with Crippen molar-refractivity contribution >= 4 is 11.6 Å². The summed E-state index contributed by atoms with van der Waals surface area (Å²) in [5, 5.41) is 3.33. The molecular weight excluding hydrogens is 254 g/mol. The van der Waals surface area contributed by atoms with Gasteiger partial charge in [0.05, 0.1) is 0 Å². The van der Waals surface area contributed by atoms with Crippen molar-refractivity contribution in [3.63, 3.8) is 0 Å². The third-order valence-corrected chi connectivity index (χ3v) is 2.91. The van der Waals surface area contributed by atoms with E-state index in [9.17, 15) is 4.79 Å². The Hall–Kier alpha value is -2.43. The van der Waals surface area contributed by atoms with Gasteiger partial charge in [0.15, 0.2) is 6.61 Å². The van der Waals surface area contributed by atoms with Crippen LogP contribution in [0.5, 0.6) is 5.75 Å². The summed E-state index contributed by atoms with van der Waals surface area (Å²) < 4.78 is 7.33. The minimum Gasteiger partial charge on any atom is -0.484 e. The first kappa shape index (κ1) is 14.0. The number of rotatable bonds is 7. The summed E-state index contributed by atoms with van der Waals surface area (Å²) in [6.45, 7) is 3.76. The molecular formula is C15H19N3O2. The Morgan fingerprint density at radius 2 is 2.05 bits per heavy atom. The molecule has 2 rings (SSSR count). The lowest BCUT2D eigenvalue weighted by Gasteiger charge is -2.07. The molecule has 0 radical (unpaired) electrons. The summed E-state index contributed by atoms with van der Waals surface area (Å²) in [7, 11) is 0. The van der Waals surface area contributed by atoms with Crippen LogP contribution in [-0.2, 0) is 17.9 Å². The third kappa shape index (κ3) is 4.05. The molecule has 0 aliphatic rings. The Bertz CT molecular complexity index is 561. The molecule has 0 saturated carbocycles. The molecule has 0 aliphatic heterocycles. The first-order chi connectivity index (χ1) is 9.67. The van der Waals surface area contributed by atoms with E-state index in [2.05, 4.69) is 35.3 Å². The third-order valence-electron chi connectivity index (χ3n) is 2.91. The number of aryl methyl sites for hydroxylation is 1. The highest BCUT2D eigenvalue weighted by Gasteiger charge is 1.99. The topological polar surface area (TPSA) is 69.3 Å². The molecule has 5 heteroatoms. The molecule has 0 spiro atoms. The van der Waals surface area contributed by atoms with Gasteiger partial charge in [-0.3, -0.25) is 4.79 Å². The Labute approximate surface area is 118 Å². The Morgan fingerprint density at radius 1 is 1.30 bits per heavy atom. The maximum atomic E-state index is 10.6. The van der Waals surface area contributed by atoms with Crippen molar-refractivity contribution < 1.29 is 9.53 Å². The van der Waals surface area contributed by atoms with E-state index in [4.69, 9.17) is 10.5 Å². The van der Waals surface area contributed by atoms with Crippen LogP contribution in [0.2, 0.25) is 0 Å². The van der Waals surface area contributed by atoms with Crippen LogP contribution in [0, 0.1) is 0 Å². The van der Waals surface area contributed by atoms with Gasteiger partial charge in [-0.25, -0.2) is 0 Å². The largest absolute Gasteiger partial charge is 0.484 e. The molecule has 2 aromatic rings. The summed E-state index contributed by atoms with van der Waals surface area (Å²) in [5.74, 6) is 0.152. The van der Waals surface area contributed by atoms with Crippen molar-refractivity contribution in [2.24, 2.45) is 5.73 Å². The first-order valence-corrected chi connectivity index (χ1v) is 6.57. The second kappa shape index (κ2) is 6.65. The zero-order valence-electron chi connectivity index (χ0n) is 11.5. The smallest absolute Gasteiger partial charge is 0.255 e. The Morgan fingerprint density at radius 3 is 2.65 bits per heavy atom. The summed E-state index contributed by atoms with van der Waals surface area (Å²) in [5.41, 5.74) is 7.26. The second-order valence-electron chi connectivity index (χ2n) is 4.48. The standard InChI is InChI=1S/C15H19N3O2/c1-2-18-8-7-12(10-18)9-17-13-3-5-14(6-4-13)20-11-15(16)19/h3-8,10,17H,2,9,11H2,1H3,(H2,16,19). The van der Waals surface area contributed by atoms with E-state index in [0.29, 0.717) is 5.75 Å². The van der Waals surface area contributed by atoms with E-state index < -0.39 is 5.91 Å². The molecule has 106 valence electrons. The zero-order valence-corrected chi connectivity index (χ0v) is 11.5. The molecule has 0 atom stereocenters. The van der Waals surface area contributed by atoms with Crippen molar-refractivity contribution in [2.75, 3.05) is 11.9 Å². The molecule has 5 nitrogen and oxygen atoms in total. The lowest BCUT2D eigenvalue weighted by atomic mass is 10.3. The number of amides is 1. The number of nitrogens with two attached hydrogens (primary N) is 1. The van der Waals surface area contributed by atoms with Gasteiger partial charge < -0.3 is 20.4 Å². The highest BCUT2D eigenvalue weighted by atomic mass is 16.5. The number of carbonyl (C=O) groups excluding carboxylic acids is 1. The van der Waals surface area contributed by atoms with Crippen LogP contribution in [0.15, 0.2) is 42.7 Å². The summed E-state index contributed by atoms with van der Waals surface area (Å²) >= 11 is 0. The van der Waals surface area contributed by atoms with E-state index in [1.165, 1.54) is 5.56 Å². The fourth-order valence-corrected chi connectivity index (χ4v) is 1.82. The Kier molecular flexibility index (Phi) is 4.65. The predicted molar refractivity (Wildman–Crippen MR) is 78.6 cm³/mol. The van der Waals surface area contributed by atoms with E-state index in [1.54, 1.807) is 0 Å². The summed E-state index contributed by atoms with van der Waals surface area (Å²) in [4.78, 5) is 10.6. The fraction of sp³-hybridized carbons (Fsp3) is 0.267. The molecule has 1 amide bonds.